The molecule has 0 saturated carbocycles. The predicted octanol–water partition coefficient (Wildman–Crippen LogP) is 0.540. The van der Waals surface area contributed by atoms with E-state index in [0.717, 1.165) is 5.70 Å². The van der Waals surface area contributed by atoms with Crippen LogP contribution in [0.3, 0.4) is 0 Å². The lowest BCUT2D eigenvalue weighted by molar-refractivity contribution is 1.13. The van der Waals surface area contributed by atoms with Crippen LogP contribution in [0.2, 0.25) is 0 Å². The average Bonchev–Trinajstić information content (AvgIpc) is 1.61. The number of hydrogen-bond acceptors (Lipinski definition) is 2. The van der Waals surface area contributed by atoms with Gasteiger partial charge in [-0.15, -0.1) is 0 Å². The third kappa shape index (κ3) is 5.08. The fourth-order valence-corrected chi connectivity index (χ4v) is 0.190. The van der Waals surface area contributed by atoms with Gasteiger partial charge in [0.25, 0.3) is 0 Å². The SMILES string of the molecule is C=CN/C=C(\C)N. The molecule has 0 heterocycles. The van der Waals surface area contributed by atoms with Gasteiger partial charge in [-0.2, -0.15) is 0 Å². The molecule has 0 spiro atoms. The summed E-state index contributed by atoms with van der Waals surface area (Å²) in [5, 5.41) is 2.72. The van der Waals surface area contributed by atoms with Crippen molar-refractivity contribution in [3.8, 4) is 0 Å². The van der Waals surface area contributed by atoms with Gasteiger partial charge in [0.1, 0.15) is 0 Å². The molecule has 0 unspecified atom stereocenters. The Hall–Kier alpha value is -0.920. The van der Waals surface area contributed by atoms with Crippen molar-refractivity contribution in [3.63, 3.8) is 0 Å². The molecule has 2 heteroatoms. The Morgan fingerprint density at radius 1 is 1.86 bits per heavy atom. The van der Waals surface area contributed by atoms with Gasteiger partial charge >= 0.3 is 0 Å². The summed E-state index contributed by atoms with van der Waals surface area (Å²) in [4.78, 5) is 0. The molecule has 0 fully saturated rings. The Kier molecular flexibility index (Phi) is 2.85. The fraction of sp³-hybridized carbons (Fsp3) is 0.200. The molecule has 3 N–H and O–H groups in total. The lowest BCUT2D eigenvalue weighted by Crippen LogP contribution is -1.98. The second-order valence-corrected chi connectivity index (χ2v) is 1.26. The molecule has 0 atom stereocenters. The minimum Gasteiger partial charge on any atom is -0.401 e. The van der Waals surface area contributed by atoms with Crippen molar-refractivity contribution >= 4 is 0 Å². The van der Waals surface area contributed by atoms with Crippen molar-refractivity contribution < 1.29 is 0 Å². The Morgan fingerprint density at radius 3 is 2.57 bits per heavy atom. The number of hydrogen-bond donors (Lipinski definition) is 2. The van der Waals surface area contributed by atoms with E-state index in [4.69, 9.17) is 5.73 Å². The molecule has 0 aromatic heterocycles. The van der Waals surface area contributed by atoms with E-state index in [-0.39, 0.29) is 0 Å². The van der Waals surface area contributed by atoms with Crippen molar-refractivity contribution in [2.45, 2.75) is 6.92 Å². The second-order valence-electron chi connectivity index (χ2n) is 1.26. The maximum atomic E-state index is 5.23. The van der Waals surface area contributed by atoms with Crippen LogP contribution in [-0.2, 0) is 0 Å². The molecular formula is C5H10N2. The second kappa shape index (κ2) is 3.28. The van der Waals surface area contributed by atoms with E-state index < -0.39 is 0 Å². The van der Waals surface area contributed by atoms with Gasteiger partial charge in [-0.05, 0) is 13.1 Å². The van der Waals surface area contributed by atoms with Crippen LogP contribution in [0, 0.1) is 0 Å². The average molecular weight is 98.1 g/mol. The molecule has 0 aliphatic heterocycles. The van der Waals surface area contributed by atoms with Crippen molar-refractivity contribution in [1.29, 1.82) is 0 Å². The molecule has 0 aliphatic rings. The van der Waals surface area contributed by atoms with Gasteiger partial charge in [-0.25, -0.2) is 0 Å². The number of nitrogens with one attached hydrogen (secondary N) is 1. The minimum atomic E-state index is 0.750. The van der Waals surface area contributed by atoms with Crippen LogP contribution in [0.25, 0.3) is 0 Å². The summed E-state index contributed by atoms with van der Waals surface area (Å²) in [5.41, 5.74) is 5.98. The van der Waals surface area contributed by atoms with Crippen LogP contribution in [0.4, 0.5) is 0 Å². The summed E-state index contributed by atoms with van der Waals surface area (Å²) in [5.74, 6) is 0. The van der Waals surface area contributed by atoms with E-state index in [1.54, 1.807) is 19.3 Å². The quantitative estimate of drug-likeness (QED) is 0.529. The number of allylic oxidation sites excluding steroid dienone is 1. The van der Waals surface area contributed by atoms with E-state index >= 15 is 0 Å². The highest BCUT2D eigenvalue weighted by atomic mass is 14.8. The zero-order valence-corrected chi connectivity index (χ0v) is 4.44. The van der Waals surface area contributed by atoms with E-state index in [0.29, 0.717) is 0 Å². The molecule has 0 aliphatic carbocycles. The van der Waals surface area contributed by atoms with E-state index in [1.165, 1.54) is 0 Å². The molecular weight excluding hydrogens is 88.1 g/mol. The molecule has 7 heavy (non-hydrogen) atoms. The molecule has 0 saturated heterocycles. The Bertz CT molecular complexity index is 80.1. The van der Waals surface area contributed by atoms with Gasteiger partial charge in [0.05, 0.1) is 0 Å². The first-order valence-corrected chi connectivity index (χ1v) is 2.06. The molecule has 0 radical (unpaired) electrons. The monoisotopic (exact) mass is 98.1 g/mol. The zero-order valence-electron chi connectivity index (χ0n) is 4.44. The van der Waals surface area contributed by atoms with Crippen LogP contribution in [0.15, 0.2) is 24.7 Å². The van der Waals surface area contributed by atoms with Gasteiger partial charge < -0.3 is 11.1 Å². The Morgan fingerprint density at radius 2 is 2.43 bits per heavy atom. The highest BCUT2D eigenvalue weighted by Gasteiger charge is 1.67. The van der Waals surface area contributed by atoms with Gasteiger partial charge in [0.15, 0.2) is 0 Å². The first-order valence-electron chi connectivity index (χ1n) is 2.06. The molecule has 40 valence electrons. The summed E-state index contributed by atoms with van der Waals surface area (Å²) in [7, 11) is 0. The molecule has 0 bridgehead atoms. The summed E-state index contributed by atoms with van der Waals surface area (Å²) in [6.45, 7) is 5.22. The third-order valence-electron chi connectivity index (χ3n) is 0.429. The normalized spacial score (nSPS) is 10.7. The molecule has 0 aromatic rings. The largest absolute Gasteiger partial charge is 0.401 e. The standard InChI is InChI=1S/C5H10N2/c1-3-7-4-5(2)6/h3-4,7H,1,6H2,2H3/b5-4+. The molecule has 0 rings (SSSR count). The summed E-state index contributed by atoms with van der Waals surface area (Å²) < 4.78 is 0. The van der Waals surface area contributed by atoms with Gasteiger partial charge in [-0.3, -0.25) is 0 Å². The Balaban J connectivity index is 3.25. The highest BCUT2D eigenvalue weighted by molar-refractivity contribution is 4.91. The van der Waals surface area contributed by atoms with Crippen LogP contribution in [0.1, 0.15) is 6.92 Å². The van der Waals surface area contributed by atoms with Crippen molar-refractivity contribution in [2.75, 3.05) is 0 Å². The summed E-state index contributed by atoms with van der Waals surface area (Å²) in [6.07, 6.45) is 3.24. The molecule has 2 nitrogen and oxygen atoms in total. The lowest BCUT2D eigenvalue weighted by Gasteiger charge is -1.87. The topological polar surface area (TPSA) is 38.0 Å². The van der Waals surface area contributed by atoms with Crippen molar-refractivity contribution in [2.24, 2.45) is 5.73 Å². The van der Waals surface area contributed by atoms with Crippen molar-refractivity contribution in [3.05, 3.63) is 24.7 Å². The third-order valence-corrected chi connectivity index (χ3v) is 0.429. The van der Waals surface area contributed by atoms with Crippen LogP contribution in [0.5, 0.6) is 0 Å². The van der Waals surface area contributed by atoms with E-state index in [9.17, 15) is 0 Å². The Labute approximate surface area is 43.7 Å². The van der Waals surface area contributed by atoms with Crippen LogP contribution in [-0.4, -0.2) is 0 Å². The smallest absolute Gasteiger partial charge is 0.0212 e. The fourth-order valence-electron chi connectivity index (χ4n) is 0.190. The van der Waals surface area contributed by atoms with E-state index in [1.807, 2.05) is 0 Å². The highest BCUT2D eigenvalue weighted by Crippen LogP contribution is 1.71. The lowest BCUT2D eigenvalue weighted by atomic mass is 10.6. The van der Waals surface area contributed by atoms with Gasteiger partial charge in [-0.1, -0.05) is 6.58 Å². The van der Waals surface area contributed by atoms with Crippen LogP contribution < -0.4 is 11.1 Å². The number of nitrogens with two attached hydrogens (primary N) is 1. The minimum absolute atomic E-state index is 0.750. The summed E-state index contributed by atoms with van der Waals surface area (Å²) >= 11 is 0. The van der Waals surface area contributed by atoms with Gasteiger partial charge in [0, 0.05) is 11.9 Å². The maximum Gasteiger partial charge on any atom is 0.0212 e. The first kappa shape index (κ1) is 6.08. The van der Waals surface area contributed by atoms with Gasteiger partial charge in [0.2, 0.25) is 0 Å². The summed E-state index contributed by atoms with van der Waals surface area (Å²) in [6, 6.07) is 0. The number of rotatable bonds is 2. The van der Waals surface area contributed by atoms with E-state index in [2.05, 4.69) is 11.9 Å². The predicted molar refractivity (Wildman–Crippen MR) is 31.3 cm³/mol. The van der Waals surface area contributed by atoms with Crippen LogP contribution >= 0.6 is 0 Å². The zero-order chi connectivity index (χ0) is 5.70. The molecule has 0 aromatic carbocycles. The first-order chi connectivity index (χ1) is 3.27. The van der Waals surface area contributed by atoms with Crippen molar-refractivity contribution in [1.82, 2.24) is 5.32 Å². The molecule has 0 amide bonds. The maximum absolute atomic E-state index is 5.23.